The van der Waals surface area contributed by atoms with Gasteiger partial charge in [-0.15, -0.1) is 11.3 Å². The van der Waals surface area contributed by atoms with Crippen molar-refractivity contribution < 1.29 is 38.1 Å². The van der Waals surface area contributed by atoms with Crippen molar-refractivity contribution in [1.29, 1.82) is 0 Å². The largest absolute Gasteiger partial charge is 0.450 e. The Labute approximate surface area is 344 Å². The van der Waals surface area contributed by atoms with Gasteiger partial charge in [-0.05, 0) is 38.0 Å². The molecule has 2 fully saturated rings. The normalized spacial score (nSPS) is 17.0. The van der Waals surface area contributed by atoms with Crippen LogP contribution in [0.5, 0.6) is 0 Å². The van der Waals surface area contributed by atoms with Crippen molar-refractivity contribution in [3.05, 3.63) is 125 Å². The Kier molecular flexibility index (Phi) is 12.1. The predicted molar refractivity (Wildman–Crippen MR) is 214 cm³/mol. The monoisotopic (exact) mass is 821 g/mol. The van der Waals surface area contributed by atoms with E-state index in [0.29, 0.717) is 18.8 Å². The number of anilines is 1. The number of esters is 1. The van der Waals surface area contributed by atoms with Crippen molar-refractivity contribution in [2.45, 2.75) is 82.6 Å². The zero-order chi connectivity index (χ0) is 41.6. The van der Waals surface area contributed by atoms with Crippen molar-refractivity contribution >= 4 is 46.1 Å². The van der Waals surface area contributed by atoms with E-state index in [4.69, 9.17) is 14.3 Å². The van der Waals surface area contributed by atoms with Gasteiger partial charge in [-0.2, -0.15) is 15.0 Å². The molecule has 5 aromatic rings. The molecule has 0 unspecified atom stereocenters. The highest BCUT2D eigenvalue weighted by molar-refractivity contribution is 7.14. The second kappa shape index (κ2) is 17.5. The Balaban J connectivity index is 1.05. The van der Waals surface area contributed by atoms with E-state index in [2.05, 4.69) is 41.6 Å². The number of β-lactam (4-membered cyclic amide) rings is 1. The highest BCUT2D eigenvalue weighted by Crippen LogP contribution is 2.43. The molecule has 1 aliphatic heterocycles. The van der Waals surface area contributed by atoms with Crippen LogP contribution in [0.1, 0.15) is 67.8 Å². The Morgan fingerprint density at radius 1 is 1.03 bits per heavy atom. The summed E-state index contributed by atoms with van der Waals surface area (Å²) >= 11 is 1.02. The molecule has 3 amide bonds. The number of hydrogen-bond acceptors (Lipinski definition) is 13. The SMILES string of the molecule is C[n+]1cccc(CNCc2cnn(C[C@H]3NC(=O)[C@H]3NC(=O)/C(=N/OC3(C(=O)OC(c4ccccc4)c4ccccc4)CC3)c3csc(NC(=O)OC(C)(C)C)n3)n2)c1. The lowest BCUT2D eigenvalue weighted by molar-refractivity contribution is -0.671. The van der Waals surface area contributed by atoms with Gasteiger partial charge >= 0.3 is 12.1 Å². The van der Waals surface area contributed by atoms with Crippen LogP contribution in [0.15, 0.2) is 102 Å². The summed E-state index contributed by atoms with van der Waals surface area (Å²) in [7, 11) is 1.96. The molecule has 306 valence electrons. The van der Waals surface area contributed by atoms with E-state index in [1.54, 1.807) is 27.0 Å². The van der Waals surface area contributed by atoms with Crippen LogP contribution in [0.3, 0.4) is 0 Å². The number of carbonyl (C=O) groups excluding carboxylic acids is 4. The number of hydrogen-bond donors (Lipinski definition) is 4. The zero-order valence-electron chi connectivity index (χ0n) is 33.0. The molecule has 2 aromatic carbocycles. The van der Waals surface area contributed by atoms with E-state index in [-0.39, 0.29) is 35.9 Å². The van der Waals surface area contributed by atoms with Crippen LogP contribution >= 0.6 is 11.3 Å². The van der Waals surface area contributed by atoms with Crippen molar-refractivity contribution in [1.82, 2.24) is 35.9 Å². The maximum absolute atomic E-state index is 14.0. The van der Waals surface area contributed by atoms with E-state index in [1.165, 1.54) is 10.2 Å². The van der Waals surface area contributed by atoms with Gasteiger partial charge in [0.25, 0.3) is 5.91 Å². The Bertz CT molecular complexity index is 2280. The molecule has 4 N–H and O–H groups in total. The van der Waals surface area contributed by atoms with Crippen LogP contribution in [0.25, 0.3) is 0 Å². The van der Waals surface area contributed by atoms with Gasteiger partial charge in [-0.25, -0.2) is 19.1 Å². The van der Waals surface area contributed by atoms with Gasteiger partial charge in [0.1, 0.15) is 24.4 Å². The zero-order valence-corrected chi connectivity index (χ0v) is 33.8. The molecule has 2 atom stereocenters. The molecule has 1 saturated heterocycles. The fraction of sp³-hybridized carbons (Fsp3) is 0.341. The highest BCUT2D eigenvalue weighted by atomic mass is 32.1. The van der Waals surface area contributed by atoms with Crippen LogP contribution in [-0.4, -0.2) is 72.9 Å². The minimum Gasteiger partial charge on any atom is -0.450 e. The molecular formula is C41H45N10O7S+. The first-order valence-corrected chi connectivity index (χ1v) is 19.9. The molecule has 1 saturated carbocycles. The quantitative estimate of drug-likeness (QED) is 0.0373. The summed E-state index contributed by atoms with van der Waals surface area (Å²) in [4.78, 5) is 64.9. The number of carbonyl (C=O) groups is 4. The highest BCUT2D eigenvalue weighted by Gasteiger charge is 2.56. The first kappa shape index (κ1) is 40.7. The number of pyridine rings is 1. The number of nitrogens with one attached hydrogen (secondary N) is 4. The van der Waals surface area contributed by atoms with Gasteiger partial charge in [0.05, 0.1) is 24.5 Å². The maximum atomic E-state index is 14.0. The van der Waals surface area contributed by atoms with Crippen LogP contribution in [0.2, 0.25) is 0 Å². The first-order chi connectivity index (χ1) is 28.3. The first-order valence-electron chi connectivity index (χ1n) is 19.0. The molecular weight excluding hydrogens is 777 g/mol. The number of nitrogens with zero attached hydrogens (tertiary/aromatic N) is 6. The standard InChI is InChI=1S/C41H44N10O7S/c1-40(2,3)57-39(55)47-38-45-31(25-59-38)33(49-58-41(17-18-41)37(54)56-34(27-13-7-5-8-14-27)28-15-9-6-10-16-28)36(53)46-32-30(44-35(32)52)24-51-43-22-29(48-51)21-42-20-26-12-11-19-50(4)23-26/h5-16,19,22-23,25,30,32,34,42H,17-18,20-21,24H2,1-4H3,(H2-,44,45,46,47,52,53,55)/p+1/b49-33+/t30-,32+/m1/s1. The molecule has 7 rings (SSSR count). The average molecular weight is 822 g/mol. The number of thiazole rings is 1. The van der Waals surface area contributed by atoms with Crippen molar-refractivity contribution in [2.75, 3.05) is 5.32 Å². The number of ether oxygens (including phenoxy) is 2. The van der Waals surface area contributed by atoms with Crippen LogP contribution in [0, 0.1) is 0 Å². The predicted octanol–water partition coefficient (Wildman–Crippen LogP) is 3.47. The van der Waals surface area contributed by atoms with Gasteiger partial charge in [0, 0.05) is 42.9 Å². The summed E-state index contributed by atoms with van der Waals surface area (Å²) in [5.74, 6) is -1.88. The lowest BCUT2D eigenvalue weighted by Crippen LogP contribution is -2.70. The second-order valence-electron chi connectivity index (χ2n) is 15.2. The number of benzene rings is 2. The third kappa shape index (κ3) is 10.5. The molecule has 1 aliphatic carbocycles. The van der Waals surface area contributed by atoms with E-state index >= 15 is 0 Å². The third-order valence-corrected chi connectivity index (χ3v) is 10.0. The number of amides is 3. The van der Waals surface area contributed by atoms with Crippen molar-refractivity contribution in [3.8, 4) is 0 Å². The summed E-state index contributed by atoms with van der Waals surface area (Å²) in [6.45, 7) is 6.47. The molecule has 59 heavy (non-hydrogen) atoms. The number of aromatic nitrogens is 5. The van der Waals surface area contributed by atoms with Crippen molar-refractivity contribution in [2.24, 2.45) is 12.2 Å². The summed E-state index contributed by atoms with van der Waals surface area (Å²) in [6.07, 6.45) is 4.74. The lowest BCUT2D eigenvalue weighted by atomic mass is 9.98. The number of aryl methyl sites for hydroxylation is 1. The average Bonchev–Trinajstić information content (AvgIpc) is 3.64. The Morgan fingerprint density at radius 3 is 2.39 bits per heavy atom. The van der Waals surface area contributed by atoms with E-state index in [1.807, 2.05) is 96.8 Å². The molecule has 0 bridgehead atoms. The number of rotatable bonds is 16. The Morgan fingerprint density at radius 2 is 1.75 bits per heavy atom. The second-order valence-corrected chi connectivity index (χ2v) is 16.1. The third-order valence-electron chi connectivity index (χ3n) is 9.27. The molecule has 2 aliphatic rings. The molecule has 0 spiro atoms. The van der Waals surface area contributed by atoms with E-state index in [9.17, 15) is 19.2 Å². The summed E-state index contributed by atoms with van der Waals surface area (Å²) in [5, 5.41) is 26.1. The minimum atomic E-state index is -1.46. The summed E-state index contributed by atoms with van der Waals surface area (Å²) in [6, 6.07) is 21.1. The molecule has 17 nitrogen and oxygen atoms in total. The van der Waals surface area contributed by atoms with Gasteiger partial charge < -0.3 is 30.3 Å². The molecule has 3 aromatic heterocycles. The maximum Gasteiger partial charge on any atom is 0.413 e. The molecule has 18 heteroatoms. The summed E-state index contributed by atoms with van der Waals surface area (Å²) < 4.78 is 13.4. The summed E-state index contributed by atoms with van der Waals surface area (Å²) in [5.41, 5.74) is 0.833. The van der Waals surface area contributed by atoms with Crippen LogP contribution < -0.4 is 25.8 Å². The van der Waals surface area contributed by atoms with Gasteiger partial charge in [0.15, 0.2) is 29.3 Å². The Hall–Kier alpha value is -6.53. The smallest absolute Gasteiger partial charge is 0.413 e. The fourth-order valence-corrected chi connectivity index (χ4v) is 6.83. The van der Waals surface area contributed by atoms with E-state index in [0.717, 1.165) is 28.0 Å². The van der Waals surface area contributed by atoms with Crippen LogP contribution in [-0.2, 0) is 55.4 Å². The van der Waals surface area contributed by atoms with Gasteiger partial charge in [-0.1, -0.05) is 65.8 Å². The van der Waals surface area contributed by atoms with Gasteiger partial charge in [0.2, 0.25) is 11.5 Å². The van der Waals surface area contributed by atoms with Gasteiger partial charge in [-0.3, -0.25) is 14.9 Å². The topological polar surface area (TPSA) is 204 Å². The minimum absolute atomic E-state index is 0.0283. The lowest BCUT2D eigenvalue weighted by Gasteiger charge is -2.36. The van der Waals surface area contributed by atoms with Crippen LogP contribution in [0.4, 0.5) is 9.93 Å². The molecule has 0 radical (unpaired) electrons. The fourth-order valence-electron chi connectivity index (χ4n) is 6.15. The number of oxime groups is 1. The van der Waals surface area contributed by atoms with Crippen molar-refractivity contribution in [3.63, 3.8) is 0 Å². The van der Waals surface area contributed by atoms with E-state index < -0.39 is 53.3 Å². The molecule has 4 heterocycles.